The zero-order valence-corrected chi connectivity index (χ0v) is 12.5. The van der Waals surface area contributed by atoms with Crippen LogP contribution in [0.3, 0.4) is 0 Å². The maximum absolute atomic E-state index is 11.3. The molecule has 0 saturated carbocycles. The van der Waals surface area contributed by atoms with Crippen molar-refractivity contribution in [1.82, 2.24) is 10.2 Å². The van der Waals surface area contributed by atoms with Crippen molar-refractivity contribution in [3.05, 3.63) is 0 Å². The van der Waals surface area contributed by atoms with Crippen LogP contribution in [-0.4, -0.2) is 52.3 Å². The number of nitrogens with one attached hydrogen (secondary N) is 1. The van der Waals surface area contributed by atoms with Crippen molar-refractivity contribution in [3.63, 3.8) is 0 Å². The number of likely N-dealkylation sites (tertiary alicyclic amines) is 1. The first kappa shape index (κ1) is 14.5. The Kier molecular flexibility index (Phi) is 6.12. The van der Waals surface area contributed by atoms with E-state index in [0.717, 1.165) is 36.9 Å². The van der Waals surface area contributed by atoms with E-state index in [9.17, 15) is 4.21 Å². The van der Waals surface area contributed by atoms with Crippen LogP contribution >= 0.6 is 0 Å². The molecule has 3 nitrogen and oxygen atoms in total. The van der Waals surface area contributed by atoms with E-state index < -0.39 is 10.8 Å². The monoisotopic (exact) mass is 272 g/mol. The van der Waals surface area contributed by atoms with Crippen LogP contribution in [0.5, 0.6) is 0 Å². The van der Waals surface area contributed by atoms with Gasteiger partial charge in [-0.25, -0.2) is 0 Å². The number of nitrogens with zero attached hydrogens (tertiary/aromatic N) is 1. The van der Waals surface area contributed by atoms with Crippen molar-refractivity contribution in [2.75, 3.05) is 31.1 Å². The van der Waals surface area contributed by atoms with Crippen molar-refractivity contribution in [2.24, 2.45) is 0 Å². The molecule has 2 aliphatic heterocycles. The first-order valence-electron chi connectivity index (χ1n) is 7.58. The summed E-state index contributed by atoms with van der Waals surface area (Å²) in [6.07, 6.45) is 7.63. The standard InChI is InChI=1S/C14H28N2OS/c1-13-5-2-3-9-16(13)10-4-8-15-14-6-11-18(17)12-7-14/h13-15H,2-12H2,1H3. The van der Waals surface area contributed by atoms with Gasteiger partial charge in [0.15, 0.2) is 0 Å². The van der Waals surface area contributed by atoms with Gasteiger partial charge in [0.25, 0.3) is 0 Å². The topological polar surface area (TPSA) is 32.3 Å². The van der Waals surface area contributed by atoms with Crippen LogP contribution in [0.15, 0.2) is 0 Å². The Morgan fingerprint density at radius 2 is 2.00 bits per heavy atom. The molecule has 106 valence electrons. The Morgan fingerprint density at radius 1 is 1.22 bits per heavy atom. The van der Waals surface area contributed by atoms with E-state index in [2.05, 4.69) is 17.1 Å². The fourth-order valence-corrected chi connectivity index (χ4v) is 4.38. The van der Waals surface area contributed by atoms with E-state index in [1.807, 2.05) is 0 Å². The fourth-order valence-electron chi connectivity index (χ4n) is 3.08. The summed E-state index contributed by atoms with van der Waals surface area (Å²) in [6, 6.07) is 1.41. The van der Waals surface area contributed by atoms with Gasteiger partial charge in [0.05, 0.1) is 0 Å². The third-order valence-electron chi connectivity index (χ3n) is 4.38. The molecule has 2 saturated heterocycles. The van der Waals surface area contributed by atoms with Crippen LogP contribution in [0.2, 0.25) is 0 Å². The Bertz CT molecular complexity index is 263. The largest absolute Gasteiger partial charge is 0.314 e. The van der Waals surface area contributed by atoms with Crippen LogP contribution in [0.4, 0.5) is 0 Å². The third kappa shape index (κ3) is 4.63. The lowest BCUT2D eigenvalue weighted by atomic mass is 10.0. The Morgan fingerprint density at radius 3 is 2.72 bits per heavy atom. The van der Waals surface area contributed by atoms with Gasteiger partial charge in [-0.05, 0) is 58.7 Å². The number of hydrogen-bond acceptors (Lipinski definition) is 3. The van der Waals surface area contributed by atoms with Gasteiger partial charge in [-0.3, -0.25) is 4.21 Å². The van der Waals surface area contributed by atoms with Crippen molar-refractivity contribution in [1.29, 1.82) is 0 Å². The summed E-state index contributed by atoms with van der Waals surface area (Å²) in [6.45, 7) is 6.03. The van der Waals surface area contributed by atoms with Crippen LogP contribution in [0, 0.1) is 0 Å². The summed E-state index contributed by atoms with van der Waals surface area (Å²) >= 11 is 0. The SMILES string of the molecule is CC1CCCCN1CCCNC1CCS(=O)CC1. The lowest BCUT2D eigenvalue weighted by Gasteiger charge is -2.33. The van der Waals surface area contributed by atoms with E-state index in [0.29, 0.717) is 6.04 Å². The normalized spacial score (nSPS) is 34.6. The average molecular weight is 272 g/mol. The molecule has 18 heavy (non-hydrogen) atoms. The molecule has 1 N–H and O–H groups in total. The molecule has 0 spiro atoms. The van der Waals surface area contributed by atoms with E-state index in [4.69, 9.17) is 0 Å². The minimum atomic E-state index is -0.525. The summed E-state index contributed by atoms with van der Waals surface area (Å²) in [5.41, 5.74) is 0. The smallest absolute Gasteiger partial charge is 0.0249 e. The molecule has 0 aliphatic carbocycles. The maximum atomic E-state index is 11.3. The molecule has 4 heteroatoms. The van der Waals surface area contributed by atoms with Crippen LogP contribution in [0.25, 0.3) is 0 Å². The van der Waals surface area contributed by atoms with Crippen LogP contribution in [-0.2, 0) is 10.8 Å². The van der Waals surface area contributed by atoms with E-state index in [1.54, 1.807) is 0 Å². The molecule has 0 aromatic heterocycles. The Hall–Kier alpha value is 0.0700. The number of rotatable bonds is 5. The van der Waals surface area contributed by atoms with Gasteiger partial charge in [0.1, 0.15) is 0 Å². The van der Waals surface area contributed by atoms with Gasteiger partial charge in [0, 0.05) is 34.4 Å². The fraction of sp³-hybridized carbons (Fsp3) is 1.00. The highest BCUT2D eigenvalue weighted by atomic mass is 32.2. The predicted octanol–water partition coefficient (Wildman–Crippen LogP) is 1.75. The minimum Gasteiger partial charge on any atom is -0.314 e. The number of piperidine rings is 1. The van der Waals surface area contributed by atoms with Gasteiger partial charge >= 0.3 is 0 Å². The van der Waals surface area contributed by atoms with E-state index in [1.165, 1.54) is 38.8 Å². The third-order valence-corrected chi connectivity index (χ3v) is 5.77. The summed E-state index contributed by atoms with van der Waals surface area (Å²) in [4.78, 5) is 2.64. The maximum Gasteiger partial charge on any atom is 0.0249 e. The van der Waals surface area contributed by atoms with E-state index in [-0.39, 0.29) is 0 Å². The zero-order valence-electron chi connectivity index (χ0n) is 11.7. The highest BCUT2D eigenvalue weighted by Crippen LogP contribution is 2.16. The lowest BCUT2D eigenvalue weighted by molar-refractivity contribution is 0.158. The van der Waals surface area contributed by atoms with Gasteiger partial charge in [-0.1, -0.05) is 6.42 Å². The Balaban J connectivity index is 1.54. The molecule has 1 unspecified atom stereocenters. The molecular weight excluding hydrogens is 244 g/mol. The molecule has 2 rings (SSSR count). The summed E-state index contributed by atoms with van der Waals surface area (Å²) < 4.78 is 11.3. The van der Waals surface area contributed by atoms with Crippen molar-refractivity contribution in [2.45, 2.75) is 57.5 Å². The molecule has 0 bridgehead atoms. The second-order valence-electron chi connectivity index (χ2n) is 5.81. The molecule has 0 aromatic rings. The second-order valence-corrected chi connectivity index (χ2v) is 7.51. The molecule has 0 radical (unpaired) electrons. The summed E-state index contributed by atoms with van der Waals surface area (Å²) in [5.74, 6) is 1.81. The predicted molar refractivity (Wildman–Crippen MR) is 78.4 cm³/mol. The van der Waals surface area contributed by atoms with Crippen molar-refractivity contribution in [3.8, 4) is 0 Å². The molecule has 2 fully saturated rings. The quantitative estimate of drug-likeness (QED) is 0.774. The molecule has 0 amide bonds. The number of hydrogen-bond donors (Lipinski definition) is 1. The van der Waals surface area contributed by atoms with Gasteiger partial charge in [-0.15, -0.1) is 0 Å². The summed E-state index contributed by atoms with van der Waals surface area (Å²) in [7, 11) is -0.525. The molecule has 2 heterocycles. The van der Waals surface area contributed by atoms with Gasteiger partial charge < -0.3 is 10.2 Å². The Labute approximate surface area is 114 Å². The molecule has 1 atom stereocenters. The summed E-state index contributed by atoms with van der Waals surface area (Å²) in [5, 5.41) is 3.64. The van der Waals surface area contributed by atoms with E-state index >= 15 is 0 Å². The zero-order chi connectivity index (χ0) is 12.8. The minimum absolute atomic E-state index is 0.525. The second kappa shape index (κ2) is 7.61. The highest BCUT2D eigenvalue weighted by Gasteiger charge is 2.19. The van der Waals surface area contributed by atoms with Gasteiger partial charge in [-0.2, -0.15) is 0 Å². The van der Waals surface area contributed by atoms with Crippen LogP contribution in [0.1, 0.15) is 45.4 Å². The van der Waals surface area contributed by atoms with Crippen molar-refractivity contribution >= 4 is 10.8 Å². The average Bonchev–Trinajstić information content (AvgIpc) is 2.39. The highest BCUT2D eigenvalue weighted by molar-refractivity contribution is 7.85. The molecular formula is C14H28N2OS. The molecule has 0 aromatic carbocycles. The van der Waals surface area contributed by atoms with Crippen molar-refractivity contribution < 1.29 is 4.21 Å². The van der Waals surface area contributed by atoms with Crippen LogP contribution < -0.4 is 5.32 Å². The first-order chi connectivity index (χ1) is 8.75. The first-order valence-corrected chi connectivity index (χ1v) is 9.07. The molecule has 2 aliphatic rings. The van der Waals surface area contributed by atoms with Gasteiger partial charge in [0.2, 0.25) is 0 Å². The lowest BCUT2D eigenvalue weighted by Crippen LogP contribution is -2.40.